The molecule has 0 spiro atoms. The van der Waals surface area contributed by atoms with Crippen LogP contribution in [0.2, 0.25) is 0 Å². The van der Waals surface area contributed by atoms with Gasteiger partial charge >= 0.3 is 0 Å². The van der Waals surface area contributed by atoms with Crippen molar-refractivity contribution in [2.24, 2.45) is 11.8 Å². The summed E-state index contributed by atoms with van der Waals surface area (Å²) in [4.78, 5) is 7.40. The molecule has 0 amide bonds. The predicted molar refractivity (Wildman–Crippen MR) is 121 cm³/mol. The van der Waals surface area contributed by atoms with E-state index in [0.717, 1.165) is 53.6 Å². The van der Waals surface area contributed by atoms with Gasteiger partial charge in [-0.2, -0.15) is 9.61 Å². The number of piperidine rings is 1. The Labute approximate surface area is 178 Å². The first-order valence-electron chi connectivity index (χ1n) is 10.8. The van der Waals surface area contributed by atoms with Gasteiger partial charge in [-0.05, 0) is 43.7 Å². The van der Waals surface area contributed by atoms with E-state index in [9.17, 15) is 0 Å². The van der Waals surface area contributed by atoms with Gasteiger partial charge in [0.1, 0.15) is 17.3 Å². The SMILES string of the molecule is CCc1c(C)nc2cc(-c3cc(OC)cc(OC)c3)nn2c1N1C[C@H](C)C[C@H](C)C1. The van der Waals surface area contributed by atoms with Crippen LogP contribution in [0.5, 0.6) is 11.5 Å². The summed E-state index contributed by atoms with van der Waals surface area (Å²) < 4.78 is 12.9. The molecular formula is C24H32N4O2. The largest absolute Gasteiger partial charge is 0.497 e. The minimum absolute atomic E-state index is 0.666. The maximum absolute atomic E-state index is 5.45. The van der Waals surface area contributed by atoms with E-state index in [1.165, 1.54) is 17.8 Å². The van der Waals surface area contributed by atoms with Crippen molar-refractivity contribution in [2.75, 3.05) is 32.2 Å². The summed E-state index contributed by atoms with van der Waals surface area (Å²) in [5.74, 6) is 4.02. The Balaban J connectivity index is 1.89. The highest BCUT2D eigenvalue weighted by atomic mass is 16.5. The van der Waals surface area contributed by atoms with Crippen molar-refractivity contribution in [3.05, 3.63) is 35.5 Å². The van der Waals surface area contributed by atoms with Crippen LogP contribution in [0.4, 0.5) is 5.82 Å². The van der Waals surface area contributed by atoms with E-state index in [4.69, 9.17) is 19.6 Å². The number of aryl methyl sites for hydroxylation is 1. The van der Waals surface area contributed by atoms with Crippen LogP contribution in [0.3, 0.4) is 0 Å². The Kier molecular flexibility index (Phi) is 5.58. The molecule has 0 N–H and O–H groups in total. The van der Waals surface area contributed by atoms with E-state index in [-0.39, 0.29) is 0 Å². The summed E-state index contributed by atoms with van der Waals surface area (Å²) in [7, 11) is 3.33. The molecule has 0 bridgehead atoms. The van der Waals surface area contributed by atoms with Crippen LogP contribution in [0.15, 0.2) is 24.3 Å². The summed E-state index contributed by atoms with van der Waals surface area (Å²) in [6.07, 6.45) is 2.21. The van der Waals surface area contributed by atoms with E-state index in [1.54, 1.807) is 14.2 Å². The van der Waals surface area contributed by atoms with E-state index in [1.807, 2.05) is 22.7 Å². The molecule has 6 nitrogen and oxygen atoms in total. The molecule has 0 radical (unpaired) electrons. The molecule has 1 saturated heterocycles. The number of aromatic nitrogens is 3. The highest BCUT2D eigenvalue weighted by molar-refractivity contribution is 5.69. The van der Waals surface area contributed by atoms with E-state index in [2.05, 4.69) is 38.7 Å². The maximum Gasteiger partial charge on any atom is 0.158 e. The minimum atomic E-state index is 0.666. The monoisotopic (exact) mass is 408 g/mol. The Bertz CT molecular complexity index is 1030. The second-order valence-electron chi connectivity index (χ2n) is 8.60. The summed E-state index contributed by atoms with van der Waals surface area (Å²) in [5, 5.41) is 5.01. The summed E-state index contributed by atoms with van der Waals surface area (Å²) in [5.41, 5.74) is 5.06. The zero-order valence-corrected chi connectivity index (χ0v) is 18.9. The van der Waals surface area contributed by atoms with Crippen molar-refractivity contribution in [3.8, 4) is 22.8 Å². The number of hydrogen-bond acceptors (Lipinski definition) is 5. The Morgan fingerprint density at radius 2 is 1.63 bits per heavy atom. The zero-order valence-electron chi connectivity index (χ0n) is 18.9. The molecule has 0 aliphatic carbocycles. The maximum atomic E-state index is 5.45. The fraction of sp³-hybridized carbons (Fsp3) is 0.500. The summed E-state index contributed by atoms with van der Waals surface area (Å²) in [6, 6.07) is 7.91. The van der Waals surface area contributed by atoms with Crippen molar-refractivity contribution in [3.63, 3.8) is 0 Å². The molecule has 1 fully saturated rings. The first-order valence-corrected chi connectivity index (χ1v) is 10.8. The number of benzene rings is 1. The molecule has 2 aromatic heterocycles. The fourth-order valence-corrected chi connectivity index (χ4v) is 4.81. The Hall–Kier alpha value is -2.76. The molecule has 4 rings (SSSR count). The molecule has 2 atom stereocenters. The normalized spacial score (nSPS) is 19.3. The fourth-order valence-electron chi connectivity index (χ4n) is 4.81. The summed E-state index contributed by atoms with van der Waals surface area (Å²) in [6.45, 7) is 11.1. The second-order valence-corrected chi connectivity index (χ2v) is 8.60. The van der Waals surface area contributed by atoms with Gasteiger partial charge in [0.25, 0.3) is 0 Å². The molecule has 6 heteroatoms. The van der Waals surface area contributed by atoms with Crippen molar-refractivity contribution in [1.29, 1.82) is 0 Å². The number of anilines is 1. The molecule has 0 unspecified atom stereocenters. The molecule has 1 aromatic carbocycles. The molecule has 1 aliphatic heterocycles. The smallest absolute Gasteiger partial charge is 0.158 e. The zero-order chi connectivity index (χ0) is 21.4. The first kappa shape index (κ1) is 20.5. The third kappa shape index (κ3) is 3.71. The second kappa shape index (κ2) is 8.17. The van der Waals surface area contributed by atoms with Gasteiger partial charge < -0.3 is 14.4 Å². The van der Waals surface area contributed by atoms with Crippen molar-refractivity contribution in [2.45, 2.75) is 40.5 Å². The Morgan fingerprint density at radius 3 is 2.20 bits per heavy atom. The number of rotatable bonds is 5. The molecule has 30 heavy (non-hydrogen) atoms. The van der Waals surface area contributed by atoms with E-state index >= 15 is 0 Å². The van der Waals surface area contributed by atoms with Gasteiger partial charge in [-0.3, -0.25) is 0 Å². The van der Waals surface area contributed by atoms with Crippen LogP contribution in [0, 0.1) is 18.8 Å². The van der Waals surface area contributed by atoms with Crippen LogP contribution in [-0.4, -0.2) is 41.9 Å². The highest BCUT2D eigenvalue weighted by Crippen LogP contribution is 2.34. The van der Waals surface area contributed by atoms with Gasteiger partial charge in [0.2, 0.25) is 0 Å². The van der Waals surface area contributed by atoms with Crippen LogP contribution in [0.1, 0.15) is 38.4 Å². The predicted octanol–water partition coefficient (Wildman–Crippen LogP) is 4.77. The lowest BCUT2D eigenvalue weighted by molar-refractivity contribution is 0.353. The third-order valence-electron chi connectivity index (χ3n) is 6.05. The summed E-state index contributed by atoms with van der Waals surface area (Å²) >= 11 is 0. The third-order valence-corrected chi connectivity index (χ3v) is 6.05. The van der Waals surface area contributed by atoms with E-state index in [0.29, 0.717) is 11.8 Å². The lowest BCUT2D eigenvalue weighted by Crippen LogP contribution is -2.40. The first-order chi connectivity index (χ1) is 14.4. The van der Waals surface area contributed by atoms with Crippen molar-refractivity contribution in [1.82, 2.24) is 14.6 Å². The van der Waals surface area contributed by atoms with Crippen LogP contribution < -0.4 is 14.4 Å². The van der Waals surface area contributed by atoms with E-state index < -0.39 is 0 Å². The van der Waals surface area contributed by atoms with Gasteiger partial charge in [0.05, 0.1) is 19.9 Å². The minimum Gasteiger partial charge on any atom is -0.497 e. The Morgan fingerprint density at radius 1 is 1.00 bits per heavy atom. The topological polar surface area (TPSA) is 51.9 Å². The number of nitrogens with zero attached hydrogens (tertiary/aromatic N) is 4. The van der Waals surface area contributed by atoms with Crippen LogP contribution >= 0.6 is 0 Å². The molecule has 3 aromatic rings. The number of methoxy groups -OCH3 is 2. The molecule has 0 saturated carbocycles. The lowest BCUT2D eigenvalue weighted by Gasteiger charge is -2.37. The lowest BCUT2D eigenvalue weighted by atomic mass is 9.91. The van der Waals surface area contributed by atoms with Crippen molar-refractivity contribution < 1.29 is 9.47 Å². The average Bonchev–Trinajstić information content (AvgIpc) is 3.14. The highest BCUT2D eigenvalue weighted by Gasteiger charge is 2.27. The molecular weight excluding hydrogens is 376 g/mol. The molecule has 160 valence electrons. The number of hydrogen-bond donors (Lipinski definition) is 0. The number of ether oxygens (including phenoxy) is 2. The molecule has 3 heterocycles. The van der Waals surface area contributed by atoms with Gasteiger partial charge in [-0.25, -0.2) is 4.98 Å². The van der Waals surface area contributed by atoms with Crippen LogP contribution in [0.25, 0.3) is 16.9 Å². The van der Waals surface area contributed by atoms with Crippen molar-refractivity contribution >= 4 is 11.5 Å². The van der Waals surface area contributed by atoms with Gasteiger partial charge in [-0.15, -0.1) is 0 Å². The standard InChI is InChI=1S/C24H32N4O2/c1-7-21-17(4)25-23-12-22(18-9-19(29-5)11-20(10-18)30-6)26-28(23)24(21)27-13-15(2)8-16(3)14-27/h9-12,15-16H,7-8,13-14H2,1-6H3/t15-,16+. The van der Waals surface area contributed by atoms with Gasteiger partial charge in [0.15, 0.2) is 5.65 Å². The van der Waals surface area contributed by atoms with Crippen LogP contribution in [-0.2, 0) is 6.42 Å². The van der Waals surface area contributed by atoms with Gasteiger partial charge in [-0.1, -0.05) is 20.8 Å². The number of fused-ring (bicyclic) bond motifs is 1. The molecule has 1 aliphatic rings. The average molecular weight is 409 g/mol. The van der Waals surface area contributed by atoms with Gasteiger partial charge in [0, 0.05) is 42.0 Å². The quantitative estimate of drug-likeness (QED) is 0.609.